The molecule has 0 saturated carbocycles. The van der Waals surface area contributed by atoms with Gasteiger partial charge in [0.2, 0.25) is 0 Å². The fourth-order valence-electron chi connectivity index (χ4n) is 1.33. The van der Waals surface area contributed by atoms with Crippen molar-refractivity contribution < 1.29 is 0 Å². The maximum absolute atomic E-state index is 6.11. The number of aromatic nitrogens is 2. The highest BCUT2D eigenvalue weighted by Crippen LogP contribution is 2.33. The second-order valence-corrected chi connectivity index (χ2v) is 5.44. The van der Waals surface area contributed by atoms with Gasteiger partial charge in [0.05, 0.1) is 11.1 Å². The van der Waals surface area contributed by atoms with Gasteiger partial charge in [0, 0.05) is 10.6 Å². The Labute approximate surface area is 114 Å². The fraction of sp³-hybridized carbons (Fsp3) is 0.273. The first kappa shape index (κ1) is 12.8. The van der Waals surface area contributed by atoms with Crippen molar-refractivity contribution in [2.45, 2.75) is 19.4 Å². The number of hydrogen-bond donors (Lipinski definition) is 1. The quantitative estimate of drug-likeness (QED) is 0.931. The van der Waals surface area contributed by atoms with Gasteiger partial charge in [-0.2, -0.15) is 0 Å². The average Bonchev–Trinajstić information content (AvgIpc) is 2.77. The second kappa shape index (κ2) is 5.31. The molecule has 2 rings (SSSR count). The minimum Gasteiger partial charge on any atom is -0.322 e. The van der Waals surface area contributed by atoms with Crippen LogP contribution in [0.25, 0.3) is 10.6 Å². The van der Waals surface area contributed by atoms with Crippen molar-refractivity contribution in [2.75, 3.05) is 0 Å². The number of nitrogens with two attached hydrogens (primary N) is 1. The van der Waals surface area contributed by atoms with E-state index in [0.717, 1.165) is 22.0 Å². The van der Waals surface area contributed by atoms with E-state index in [9.17, 15) is 0 Å². The highest BCUT2D eigenvalue weighted by Gasteiger charge is 2.13. The lowest BCUT2D eigenvalue weighted by atomic mass is 10.2. The standard InChI is InChI=1S/C11H11Cl2N3S/c1-2-9(14)11-16-15-10(17-11)7-4-3-6(12)5-8(7)13/h3-5,9H,2,14H2,1H3. The van der Waals surface area contributed by atoms with Gasteiger partial charge in [-0.1, -0.05) is 41.5 Å². The summed E-state index contributed by atoms with van der Waals surface area (Å²) in [5.74, 6) is 0. The van der Waals surface area contributed by atoms with Crippen molar-refractivity contribution in [3.63, 3.8) is 0 Å². The van der Waals surface area contributed by atoms with Crippen molar-refractivity contribution >= 4 is 34.5 Å². The van der Waals surface area contributed by atoms with Gasteiger partial charge in [-0.25, -0.2) is 0 Å². The Bertz CT molecular complexity index is 527. The molecule has 0 bridgehead atoms. The summed E-state index contributed by atoms with van der Waals surface area (Å²) in [6, 6.07) is 5.25. The molecule has 1 heterocycles. The topological polar surface area (TPSA) is 51.8 Å². The van der Waals surface area contributed by atoms with Crippen LogP contribution in [-0.2, 0) is 0 Å². The van der Waals surface area contributed by atoms with Crippen LogP contribution in [0.15, 0.2) is 18.2 Å². The van der Waals surface area contributed by atoms with Crippen LogP contribution in [0.5, 0.6) is 0 Å². The molecule has 0 aliphatic rings. The van der Waals surface area contributed by atoms with Gasteiger partial charge in [-0.3, -0.25) is 0 Å². The van der Waals surface area contributed by atoms with Gasteiger partial charge >= 0.3 is 0 Å². The first-order chi connectivity index (χ1) is 8.11. The van der Waals surface area contributed by atoms with Crippen LogP contribution < -0.4 is 5.73 Å². The minimum atomic E-state index is -0.0627. The summed E-state index contributed by atoms with van der Waals surface area (Å²) in [5, 5.41) is 11.0. The van der Waals surface area contributed by atoms with Crippen LogP contribution in [0.1, 0.15) is 24.4 Å². The zero-order valence-corrected chi connectivity index (χ0v) is 11.5. The lowest BCUT2D eigenvalue weighted by molar-refractivity contribution is 0.683. The summed E-state index contributed by atoms with van der Waals surface area (Å²) in [4.78, 5) is 0. The first-order valence-electron chi connectivity index (χ1n) is 5.16. The fourth-order valence-corrected chi connectivity index (χ4v) is 2.85. The lowest BCUT2D eigenvalue weighted by Crippen LogP contribution is -2.07. The van der Waals surface area contributed by atoms with Crippen LogP contribution in [-0.4, -0.2) is 10.2 Å². The maximum atomic E-state index is 6.11. The average molecular weight is 288 g/mol. The molecule has 17 heavy (non-hydrogen) atoms. The Morgan fingerprint density at radius 1 is 1.35 bits per heavy atom. The van der Waals surface area contributed by atoms with E-state index in [1.54, 1.807) is 12.1 Å². The molecule has 0 aliphatic heterocycles. The van der Waals surface area contributed by atoms with Crippen LogP contribution in [0.3, 0.4) is 0 Å². The highest BCUT2D eigenvalue weighted by atomic mass is 35.5. The molecule has 1 aromatic heterocycles. The molecule has 0 radical (unpaired) electrons. The van der Waals surface area contributed by atoms with E-state index in [0.29, 0.717) is 10.0 Å². The summed E-state index contributed by atoms with van der Waals surface area (Å²) in [5.41, 5.74) is 6.74. The van der Waals surface area contributed by atoms with Crippen LogP contribution in [0.2, 0.25) is 10.0 Å². The third-order valence-electron chi connectivity index (χ3n) is 2.36. The SMILES string of the molecule is CCC(N)c1nnc(-c2ccc(Cl)cc2Cl)s1. The monoisotopic (exact) mass is 287 g/mol. The van der Waals surface area contributed by atoms with Gasteiger partial charge in [0.1, 0.15) is 10.0 Å². The molecule has 1 aromatic carbocycles. The third-order valence-corrected chi connectivity index (χ3v) is 4.00. The Morgan fingerprint density at radius 3 is 2.76 bits per heavy atom. The number of halogens is 2. The van der Waals surface area contributed by atoms with E-state index in [2.05, 4.69) is 10.2 Å². The van der Waals surface area contributed by atoms with E-state index in [-0.39, 0.29) is 6.04 Å². The smallest absolute Gasteiger partial charge is 0.149 e. The summed E-state index contributed by atoms with van der Waals surface area (Å²) in [6.45, 7) is 2.01. The van der Waals surface area contributed by atoms with E-state index >= 15 is 0 Å². The van der Waals surface area contributed by atoms with Crippen molar-refractivity contribution in [3.8, 4) is 10.6 Å². The molecule has 1 atom stereocenters. The van der Waals surface area contributed by atoms with E-state index in [1.807, 2.05) is 13.0 Å². The molecule has 0 fully saturated rings. The number of hydrogen-bond acceptors (Lipinski definition) is 4. The van der Waals surface area contributed by atoms with Crippen LogP contribution >= 0.6 is 34.5 Å². The maximum Gasteiger partial charge on any atom is 0.149 e. The van der Waals surface area contributed by atoms with Crippen molar-refractivity contribution in [1.82, 2.24) is 10.2 Å². The van der Waals surface area contributed by atoms with E-state index in [4.69, 9.17) is 28.9 Å². The van der Waals surface area contributed by atoms with Gasteiger partial charge in [-0.05, 0) is 24.6 Å². The van der Waals surface area contributed by atoms with E-state index < -0.39 is 0 Å². The zero-order valence-electron chi connectivity index (χ0n) is 9.15. The summed E-state index contributed by atoms with van der Waals surface area (Å²) >= 11 is 13.4. The Hall–Kier alpha value is -0.680. The van der Waals surface area contributed by atoms with Gasteiger partial charge < -0.3 is 5.73 Å². The van der Waals surface area contributed by atoms with Crippen molar-refractivity contribution in [1.29, 1.82) is 0 Å². The molecule has 90 valence electrons. The number of rotatable bonds is 3. The number of benzene rings is 1. The molecule has 0 aliphatic carbocycles. The Balaban J connectivity index is 2.37. The second-order valence-electron chi connectivity index (χ2n) is 3.58. The Kier molecular flexibility index (Phi) is 3.99. The van der Waals surface area contributed by atoms with E-state index in [1.165, 1.54) is 11.3 Å². The zero-order chi connectivity index (χ0) is 12.4. The lowest BCUT2D eigenvalue weighted by Gasteiger charge is -2.01. The molecule has 0 amide bonds. The molecular formula is C11H11Cl2N3S. The van der Waals surface area contributed by atoms with Crippen LogP contribution in [0.4, 0.5) is 0 Å². The molecule has 3 nitrogen and oxygen atoms in total. The number of nitrogens with zero attached hydrogens (tertiary/aromatic N) is 2. The van der Waals surface area contributed by atoms with Crippen LogP contribution in [0, 0.1) is 0 Å². The van der Waals surface area contributed by atoms with Crippen molar-refractivity contribution in [2.24, 2.45) is 5.73 Å². The summed E-state index contributed by atoms with van der Waals surface area (Å²) < 4.78 is 0. The third kappa shape index (κ3) is 2.77. The highest BCUT2D eigenvalue weighted by molar-refractivity contribution is 7.14. The molecule has 2 N–H and O–H groups in total. The molecule has 0 saturated heterocycles. The molecule has 1 unspecified atom stereocenters. The molecule has 2 aromatic rings. The largest absolute Gasteiger partial charge is 0.322 e. The first-order valence-corrected chi connectivity index (χ1v) is 6.73. The van der Waals surface area contributed by atoms with Gasteiger partial charge in [0.15, 0.2) is 0 Å². The Morgan fingerprint density at radius 2 is 2.12 bits per heavy atom. The van der Waals surface area contributed by atoms with Gasteiger partial charge in [0.25, 0.3) is 0 Å². The molecular weight excluding hydrogens is 277 g/mol. The molecule has 0 spiro atoms. The summed E-state index contributed by atoms with van der Waals surface area (Å²) in [7, 11) is 0. The normalized spacial score (nSPS) is 12.7. The predicted octanol–water partition coefficient (Wildman–Crippen LogP) is 3.92. The predicted molar refractivity (Wildman–Crippen MR) is 72.6 cm³/mol. The van der Waals surface area contributed by atoms with Gasteiger partial charge in [-0.15, -0.1) is 10.2 Å². The summed E-state index contributed by atoms with van der Waals surface area (Å²) in [6.07, 6.45) is 0.836. The minimum absolute atomic E-state index is 0.0627. The van der Waals surface area contributed by atoms with Crippen molar-refractivity contribution in [3.05, 3.63) is 33.3 Å². The molecule has 6 heteroatoms.